The van der Waals surface area contributed by atoms with Crippen LogP contribution >= 0.6 is 11.6 Å². The second-order valence-electron chi connectivity index (χ2n) is 6.12. The molecule has 0 aliphatic carbocycles. The lowest BCUT2D eigenvalue weighted by atomic mass is 10.1. The maximum atomic E-state index is 12.0. The summed E-state index contributed by atoms with van der Waals surface area (Å²) in [5.41, 5.74) is 2.00. The van der Waals surface area contributed by atoms with E-state index in [0.717, 1.165) is 5.56 Å². The molecule has 1 amide bonds. The second-order valence-corrected chi connectivity index (χ2v) is 6.56. The van der Waals surface area contributed by atoms with Gasteiger partial charge in [-0.15, -0.1) is 0 Å². The molecule has 3 aromatic rings. The molecule has 2 aromatic carbocycles. The molecular weight excluding hydrogens is 370 g/mol. The van der Waals surface area contributed by atoms with E-state index in [0.29, 0.717) is 21.6 Å². The third-order valence-electron chi connectivity index (χ3n) is 4.09. The number of amides is 1. The summed E-state index contributed by atoms with van der Waals surface area (Å²) in [4.78, 5) is 24.0. The van der Waals surface area contributed by atoms with E-state index >= 15 is 0 Å². The van der Waals surface area contributed by atoms with Crippen molar-refractivity contribution in [3.05, 3.63) is 64.9 Å². The number of aromatic hydroxyl groups is 1. The largest absolute Gasteiger partial charge is 0.508 e. The minimum atomic E-state index is -0.542. The van der Waals surface area contributed by atoms with Crippen molar-refractivity contribution in [2.24, 2.45) is 0 Å². The number of ether oxygens (including phenoxy) is 1. The van der Waals surface area contributed by atoms with Crippen LogP contribution < -0.4 is 5.32 Å². The standard InChI is InChI=1S/C20H18ClNO5/c1-12(13-2-4-15(21)5-3-13)22-19(24)11-27-20(25)8-14-10-26-18-9-16(23)6-7-17(14)18/h2-7,9-10,12,23H,8,11H2,1H3,(H,22,24)/t12-/m1/s1. The Labute approximate surface area is 160 Å². The maximum absolute atomic E-state index is 12.0. The van der Waals surface area contributed by atoms with Crippen LogP contribution in [0.2, 0.25) is 5.02 Å². The number of esters is 1. The van der Waals surface area contributed by atoms with Crippen LogP contribution in [0.25, 0.3) is 11.0 Å². The number of hydrogen-bond donors (Lipinski definition) is 2. The molecule has 0 saturated heterocycles. The molecule has 0 fully saturated rings. The average molecular weight is 388 g/mol. The summed E-state index contributed by atoms with van der Waals surface area (Å²) < 4.78 is 10.4. The van der Waals surface area contributed by atoms with Gasteiger partial charge in [-0.2, -0.15) is 0 Å². The number of rotatable bonds is 6. The molecule has 1 aromatic heterocycles. The predicted octanol–water partition coefficient (Wildman–Crippen LogP) is 3.75. The van der Waals surface area contributed by atoms with Crippen molar-refractivity contribution in [2.75, 3.05) is 6.61 Å². The van der Waals surface area contributed by atoms with Crippen LogP contribution in [0.3, 0.4) is 0 Å². The van der Waals surface area contributed by atoms with E-state index in [2.05, 4.69) is 5.32 Å². The van der Waals surface area contributed by atoms with Gasteiger partial charge in [0.1, 0.15) is 11.3 Å². The van der Waals surface area contributed by atoms with Crippen LogP contribution in [0.1, 0.15) is 24.1 Å². The lowest BCUT2D eigenvalue weighted by Gasteiger charge is -2.14. The van der Waals surface area contributed by atoms with Gasteiger partial charge in [0, 0.05) is 22.0 Å². The fourth-order valence-corrected chi connectivity index (χ4v) is 2.81. The topological polar surface area (TPSA) is 88.8 Å². The molecule has 0 aliphatic heterocycles. The molecule has 6 nitrogen and oxygen atoms in total. The summed E-state index contributed by atoms with van der Waals surface area (Å²) in [5.74, 6) is -0.856. The molecule has 0 aliphatic rings. The first-order chi connectivity index (χ1) is 12.9. The van der Waals surface area contributed by atoms with Gasteiger partial charge in [0.15, 0.2) is 6.61 Å². The highest BCUT2D eigenvalue weighted by molar-refractivity contribution is 6.30. The van der Waals surface area contributed by atoms with Gasteiger partial charge in [-0.3, -0.25) is 9.59 Å². The van der Waals surface area contributed by atoms with Crippen LogP contribution in [0.5, 0.6) is 5.75 Å². The molecule has 27 heavy (non-hydrogen) atoms. The minimum Gasteiger partial charge on any atom is -0.508 e. The number of furan rings is 1. The van der Waals surface area contributed by atoms with Crippen molar-refractivity contribution in [3.8, 4) is 5.75 Å². The van der Waals surface area contributed by atoms with Crippen molar-refractivity contribution in [1.29, 1.82) is 0 Å². The normalized spacial score (nSPS) is 11.9. The Balaban J connectivity index is 1.50. The van der Waals surface area contributed by atoms with Crippen molar-refractivity contribution < 1.29 is 23.8 Å². The highest BCUT2D eigenvalue weighted by atomic mass is 35.5. The fourth-order valence-electron chi connectivity index (χ4n) is 2.68. The van der Waals surface area contributed by atoms with E-state index in [1.807, 2.05) is 19.1 Å². The van der Waals surface area contributed by atoms with E-state index in [1.165, 1.54) is 18.4 Å². The lowest BCUT2D eigenvalue weighted by molar-refractivity contribution is -0.148. The molecule has 1 heterocycles. The van der Waals surface area contributed by atoms with Crippen molar-refractivity contribution in [3.63, 3.8) is 0 Å². The van der Waals surface area contributed by atoms with Crippen LogP contribution in [-0.2, 0) is 20.7 Å². The summed E-state index contributed by atoms with van der Waals surface area (Å²) in [6.45, 7) is 1.46. The Morgan fingerprint density at radius 2 is 1.96 bits per heavy atom. The van der Waals surface area contributed by atoms with Crippen LogP contribution in [-0.4, -0.2) is 23.6 Å². The Kier molecular flexibility index (Phi) is 5.66. The molecule has 0 bridgehead atoms. The Morgan fingerprint density at radius 3 is 2.70 bits per heavy atom. The third-order valence-corrected chi connectivity index (χ3v) is 4.34. The van der Waals surface area contributed by atoms with E-state index < -0.39 is 11.9 Å². The van der Waals surface area contributed by atoms with Gasteiger partial charge in [-0.1, -0.05) is 23.7 Å². The van der Waals surface area contributed by atoms with Gasteiger partial charge in [0.05, 0.1) is 18.7 Å². The number of hydrogen-bond acceptors (Lipinski definition) is 5. The summed E-state index contributed by atoms with van der Waals surface area (Å²) in [5, 5.41) is 13.5. The second kappa shape index (κ2) is 8.14. The Morgan fingerprint density at radius 1 is 1.22 bits per heavy atom. The van der Waals surface area contributed by atoms with E-state index in [9.17, 15) is 14.7 Å². The zero-order chi connectivity index (χ0) is 19.4. The molecule has 2 N–H and O–H groups in total. The zero-order valence-corrected chi connectivity index (χ0v) is 15.3. The number of carbonyl (C=O) groups is 2. The van der Waals surface area contributed by atoms with E-state index in [1.54, 1.807) is 18.2 Å². The molecule has 1 atom stereocenters. The number of fused-ring (bicyclic) bond motifs is 1. The fraction of sp³-hybridized carbons (Fsp3) is 0.200. The van der Waals surface area contributed by atoms with Crippen LogP contribution in [0.4, 0.5) is 0 Å². The summed E-state index contributed by atoms with van der Waals surface area (Å²) in [6.07, 6.45) is 1.41. The average Bonchev–Trinajstić information content (AvgIpc) is 3.02. The first kappa shape index (κ1) is 18.8. The monoisotopic (exact) mass is 387 g/mol. The van der Waals surface area contributed by atoms with Gasteiger partial charge in [0.25, 0.3) is 5.91 Å². The number of halogens is 1. The predicted molar refractivity (Wildman–Crippen MR) is 101 cm³/mol. The highest BCUT2D eigenvalue weighted by Gasteiger charge is 2.15. The van der Waals surface area contributed by atoms with Crippen molar-refractivity contribution in [1.82, 2.24) is 5.32 Å². The lowest BCUT2D eigenvalue weighted by Crippen LogP contribution is -2.31. The Hall–Kier alpha value is -2.99. The smallest absolute Gasteiger partial charge is 0.310 e. The number of carbonyl (C=O) groups excluding carboxylic acids is 2. The first-order valence-corrected chi connectivity index (χ1v) is 8.69. The van der Waals surface area contributed by atoms with E-state index in [4.69, 9.17) is 20.8 Å². The minimum absolute atomic E-state index is 0.0300. The quantitative estimate of drug-likeness (QED) is 0.629. The molecule has 3 rings (SSSR count). The zero-order valence-electron chi connectivity index (χ0n) is 14.6. The maximum Gasteiger partial charge on any atom is 0.310 e. The molecule has 7 heteroatoms. The van der Waals surface area contributed by atoms with E-state index in [-0.39, 0.29) is 24.8 Å². The van der Waals surface area contributed by atoms with Crippen LogP contribution in [0, 0.1) is 0 Å². The first-order valence-electron chi connectivity index (χ1n) is 8.32. The van der Waals surface area contributed by atoms with Crippen molar-refractivity contribution >= 4 is 34.4 Å². The summed E-state index contributed by atoms with van der Waals surface area (Å²) >= 11 is 5.85. The van der Waals surface area contributed by atoms with Gasteiger partial charge in [-0.25, -0.2) is 0 Å². The molecule has 0 radical (unpaired) electrons. The molecule has 0 saturated carbocycles. The van der Waals surface area contributed by atoms with Gasteiger partial charge in [-0.05, 0) is 36.8 Å². The van der Waals surface area contributed by atoms with Crippen LogP contribution in [0.15, 0.2) is 53.1 Å². The third kappa shape index (κ3) is 4.80. The summed E-state index contributed by atoms with van der Waals surface area (Å²) in [6, 6.07) is 11.5. The number of nitrogens with one attached hydrogen (secondary N) is 1. The molecule has 0 unspecified atom stereocenters. The van der Waals surface area contributed by atoms with Gasteiger partial charge in [0.2, 0.25) is 0 Å². The van der Waals surface area contributed by atoms with Crippen molar-refractivity contribution in [2.45, 2.75) is 19.4 Å². The molecular formula is C20H18ClNO5. The number of phenols is 1. The van der Waals surface area contributed by atoms with Gasteiger partial charge >= 0.3 is 5.97 Å². The van der Waals surface area contributed by atoms with Gasteiger partial charge < -0.3 is 19.6 Å². The highest BCUT2D eigenvalue weighted by Crippen LogP contribution is 2.25. The summed E-state index contributed by atoms with van der Waals surface area (Å²) in [7, 11) is 0. The number of phenolic OH excluding ortho intramolecular Hbond substituents is 1. The molecule has 0 spiro atoms. The SMILES string of the molecule is C[C@@H](NC(=O)COC(=O)Cc1coc2cc(O)ccc12)c1ccc(Cl)cc1. The Bertz CT molecular complexity index is 964. The number of benzene rings is 2. The molecule has 140 valence electrons.